The summed E-state index contributed by atoms with van der Waals surface area (Å²) in [6, 6.07) is 5.00. The van der Waals surface area contributed by atoms with Gasteiger partial charge in [0.15, 0.2) is 0 Å². The fourth-order valence-electron chi connectivity index (χ4n) is 1.54. The van der Waals surface area contributed by atoms with Crippen LogP contribution >= 0.6 is 0 Å². The number of hydrogen-bond acceptors (Lipinski definition) is 4. The Balaban J connectivity index is 2.10. The fraction of sp³-hybridized carbons (Fsp3) is 0.273. The number of carbonyl (C=O) groups is 2. The Morgan fingerprint density at radius 1 is 1.28 bits per heavy atom. The van der Waals surface area contributed by atoms with Crippen molar-refractivity contribution in [3.05, 3.63) is 39.9 Å². The van der Waals surface area contributed by atoms with Gasteiger partial charge in [0, 0.05) is 17.7 Å². The average Bonchev–Trinajstić information content (AvgIpc) is 3.10. The first-order valence-corrected chi connectivity index (χ1v) is 5.25. The molecule has 0 atom stereocenters. The van der Waals surface area contributed by atoms with E-state index in [2.05, 4.69) is 5.32 Å². The Labute approximate surface area is 102 Å². The number of hydrogen-bond donors (Lipinski definition) is 2. The van der Waals surface area contributed by atoms with Crippen molar-refractivity contribution in [1.82, 2.24) is 5.32 Å². The van der Waals surface area contributed by atoms with Crippen LogP contribution < -0.4 is 5.32 Å². The van der Waals surface area contributed by atoms with Gasteiger partial charge in [0.05, 0.1) is 4.92 Å². The van der Waals surface area contributed by atoms with E-state index in [0.717, 1.165) is 0 Å². The summed E-state index contributed by atoms with van der Waals surface area (Å²) in [5, 5.41) is 21.8. The van der Waals surface area contributed by atoms with Crippen molar-refractivity contribution in [2.24, 2.45) is 0 Å². The Morgan fingerprint density at radius 3 is 2.22 bits per heavy atom. The number of aliphatic carboxylic acids is 1. The van der Waals surface area contributed by atoms with Crippen LogP contribution in [0.5, 0.6) is 0 Å². The van der Waals surface area contributed by atoms with Gasteiger partial charge in [0.2, 0.25) is 0 Å². The minimum atomic E-state index is -1.15. The molecule has 1 aromatic rings. The number of carbonyl (C=O) groups excluding carboxylic acids is 1. The number of carboxylic acids is 1. The van der Waals surface area contributed by atoms with Crippen molar-refractivity contribution in [3.8, 4) is 0 Å². The van der Waals surface area contributed by atoms with Crippen LogP contribution in [0, 0.1) is 10.1 Å². The molecule has 0 bridgehead atoms. The predicted molar refractivity (Wildman–Crippen MR) is 60.2 cm³/mol. The number of rotatable bonds is 4. The lowest BCUT2D eigenvalue weighted by molar-refractivity contribution is -0.384. The van der Waals surface area contributed by atoms with Crippen LogP contribution in [0.25, 0.3) is 0 Å². The SMILES string of the molecule is O=C(NC1(C(=O)O)CC1)c1ccc([N+](=O)[O-])cc1. The molecule has 1 fully saturated rings. The Hall–Kier alpha value is -2.44. The third kappa shape index (κ3) is 2.15. The highest BCUT2D eigenvalue weighted by Gasteiger charge is 2.51. The van der Waals surface area contributed by atoms with Crippen molar-refractivity contribution in [2.45, 2.75) is 18.4 Å². The quantitative estimate of drug-likeness (QED) is 0.610. The summed E-state index contributed by atoms with van der Waals surface area (Å²) < 4.78 is 0. The molecular weight excluding hydrogens is 240 g/mol. The Kier molecular flexibility index (Phi) is 2.74. The van der Waals surface area contributed by atoms with Gasteiger partial charge < -0.3 is 10.4 Å². The molecule has 18 heavy (non-hydrogen) atoms. The average molecular weight is 250 g/mol. The Morgan fingerprint density at radius 2 is 1.83 bits per heavy atom. The van der Waals surface area contributed by atoms with Crippen LogP contribution in [0.15, 0.2) is 24.3 Å². The van der Waals surface area contributed by atoms with E-state index in [0.29, 0.717) is 12.8 Å². The van der Waals surface area contributed by atoms with Gasteiger partial charge in [-0.1, -0.05) is 0 Å². The molecule has 2 N–H and O–H groups in total. The third-order valence-electron chi connectivity index (χ3n) is 2.85. The van der Waals surface area contributed by atoms with Crippen LogP contribution in [0.4, 0.5) is 5.69 Å². The summed E-state index contributed by atoms with van der Waals surface area (Å²) in [5.74, 6) is -1.59. The van der Waals surface area contributed by atoms with E-state index >= 15 is 0 Å². The maximum Gasteiger partial charge on any atom is 0.329 e. The number of carboxylic acid groups (broad SMARTS) is 1. The molecule has 0 saturated heterocycles. The highest BCUT2D eigenvalue weighted by Crippen LogP contribution is 2.35. The smallest absolute Gasteiger partial charge is 0.329 e. The van der Waals surface area contributed by atoms with Crippen LogP contribution in [-0.4, -0.2) is 27.4 Å². The molecular formula is C11H10N2O5. The van der Waals surface area contributed by atoms with Crippen molar-refractivity contribution in [3.63, 3.8) is 0 Å². The summed E-state index contributed by atoms with van der Waals surface area (Å²) in [4.78, 5) is 32.5. The highest BCUT2D eigenvalue weighted by atomic mass is 16.6. The molecule has 7 nitrogen and oxygen atoms in total. The molecule has 1 saturated carbocycles. The van der Waals surface area contributed by atoms with Crippen molar-refractivity contribution in [2.75, 3.05) is 0 Å². The molecule has 0 radical (unpaired) electrons. The summed E-state index contributed by atoms with van der Waals surface area (Å²) in [6.07, 6.45) is 0.808. The molecule has 1 aromatic carbocycles. The fourth-order valence-corrected chi connectivity index (χ4v) is 1.54. The molecule has 0 unspecified atom stereocenters. The second kappa shape index (κ2) is 4.10. The van der Waals surface area contributed by atoms with Crippen LogP contribution in [0.3, 0.4) is 0 Å². The van der Waals surface area contributed by atoms with E-state index < -0.39 is 22.3 Å². The highest BCUT2D eigenvalue weighted by molar-refractivity contribution is 5.99. The summed E-state index contributed by atoms with van der Waals surface area (Å²) in [5.41, 5.74) is -1.07. The van der Waals surface area contributed by atoms with Gasteiger partial charge in [-0.2, -0.15) is 0 Å². The number of nitrogens with zero attached hydrogens (tertiary/aromatic N) is 1. The largest absolute Gasteiger partial charge is 0.480 e. The lowest BCUT2D eigenvalue weighted by Gasteiger charge is -2.12. The molecule has 1 aliphatic carbocycles. The summed E-state index contributed by atoms with van der Waals surface area (Å²) >= 11 is 0. The van der Waals surface area contributed by atoms with E-state index in [1.165, 1.54) is 24.3 Å². The van der Waals surface area contributed by atoms with Crippen LogP contribution in [-0.2, 0) is 4.79 Å². The van der Waals surface area contributed by atoms with Gasteiger partial charge in [-0.15, -0.1) is 0 Å². The first-order chi connectivity index (χ1) is 8.44. The molecule has 1 aliphatic rings. The van der Waals surface area contributed by atoms with Crippen molar-refractivity contribution < 1.29 is 19.6 Å². The standard InChI is InChI=1S/C11H10N2O5/c14-9(12-11(5-6-11)10(15)16)7-1-3-8(4-2-7)13(17)18/h1-4H,5-6H2,(H,12,14)(H,15,16). The molecule has 0 heterocycles. The number of amides is 1. The number of benzene rings is 1. The number of nitro groups is 1. The van der Waals surface area contributed by atoms with E-state index in [9.17, 15) is 19.7 Å². The second-order valence-electron chi connectivity index (χ2n) is 4.15. The monoisotopic (exact) mass is 250 g/mol. The summed E-state index contributed by atoms with van der Waals surface area (Å²) in [6.45, 7) is 0. The minimum Gasteiger partial charge on any atom is -0.480 e. The van der Waals surface area contributed by atoms with E-state index in [-0.39, 0.29) is 11.3 Å². The van der Waals surface area contributed by atoms with Crippen LogP contribution in [0.2, 0.25) is 0 Å². The normalized spacial score (nSPS) is 15.8. The second-order valence-corrected chi connectivity index (χ2v) is 4.15. The van der Waals surface area contributed by atoms with E-state index in [1.54, 1.807) is 0 Å². The van der Waals surface area contributed by atoms with Gasteiger partial charge in [-0.3, -0.25) is 14.9 Å². The summed E-state index contributed by atoms with van der Waals surface area (Å²) in [7, 11) is 0. The molecule has 2 rings (SSSR count). The lowest BCUT2D eigenvalue weighted by atomic mass is 10.1. The van der Waals surface area contributed by atoms with Gasteiger partial charge in [0.1, 0.15) is 5.54 Å². The first kappa shape index (κ1) is 12.0. The first-order valence-electron chi connectivity index (χ1n) is 5.25. The van der Waals surface area contributed by atoms with Gasteiger partial charge in [0.25, 0.3) is 11.6 Å². The predicted octanol–water partition coefficient (Wildman–Crippen LogP) is 0.942. The van der Waals surface area contributed by atoms with E-state index in [4.69, 9.17) is 5.11 Å². The Bertz CT molecular complexity index is 519. The lowest BCUT2D eigenvalue weighted by Crippen LogP contribution is -2.43. The minimum absolute atomic E-state index is 0.120. The van der Waals surface area contributed by atoms with Crippen molar-refractivity contribution >= 4 is 17.6 Å². The van der Waals surface area contributed by atoms with Crippen molar-refractivity contribution in [1.29, 1.82) is 0 Å². The topological polar surface area (TPSA) is 110 Å². The zero-order chi connectivity index (χ0) is 13.3. The van der Waals surface area contributed by atoms with Gasteiger partial charge in [-0.25, -0.2) is 4.79 Å². The molecule has 0 aromatic heterocycles. The molecule has 7 heteroatoms. The van der Waals surface area contributed by atoms with Gasteiger partial charge >= 0.3 is 5.97 Å². The molecule has 0 aliphatic heterocycles. The number of nitro benzene ring substituents is 1. The molecule has 94 valence electrons. The molecule has 0 spiro atoms. The maximum absolute atomic E-state index is 11.7. The van der Waals surface area contributed by atoms with Crippen LogP contribution in [0.1, 0.15) is 23.2 Å². The zero-order valence-electron chi connectivity index (χ0n) is 9.25. The van der Waals surface area contributed by atoms with E-state index in [1.807, 2.05) is 0 Å². The maximum atomic E-state index is 11.7. The molecule has 1 amide bonds. The third-order valence-corrected chi connectivity index (χ3v) is 2.85. The zero-order valence-corrected chi connectivity index (χ0v) is 9.25. The number of non-ortho nitro benzene ring substituents is 1. The van der Waals surface area contributed by atoms with Gasteiger partial charge in [-0.05, 0) is 25.0 Å². The number of nitrogens with one attached hydrogen (secondary N) is 1.